The van der Waals surface area contributed by atoms with Gasteiger partial charge in [-0.1, -0.05) is 6.92 Å². The Bertz CT molecular complexity index is 407. The smallest absolute Gasteiger partial charge is 0.235 e. The van der Waals surface area contributed by atoms with Gasteiger partial charge in [-0.3, -0.25) is 9.69 Å². The van der Waals surface area contributed by atoms with Crippen LogP contribution in [-0.2, 0) is 4.79 Å². The number of amides is 1. The fourth-order valence-corrected chi connectivity index (χ4v) is 3.36. The average molecular weight is 292 g/mol. The summed E-state index contributed by atoms with van der Waals surface area (Å²) in [4.78, 5) is 14.5. The van der Waals surface area contributed by atoms with E-state index in [0.29, 0.717) is 24.5 Å². The standard InChI is InChI=1S/C16H28N4O/c1-3-20(14-8-6-13(18)7-9-14)10-15(21)19-16(2,11-17)12-4-5-12/h12-14H,3-10,18H2,1-2H3,(H,19,21). The molecule has 1 amide bonds. The normalized spacial score (nSPS) is 28.7. The second kappa shape index (κ2) is 6.76. The van der Waals surface area contributed by atoms with Crippen LogP contribution in [0.25, 0.3) is 0 Å². The van der Waals surface area contributed by atoms with Gasteiger partial charge in [0, 0.05) is 12.1 Å². The second-order valence-corrected chi connectivity index (χ2v) is 6.77. The Kier molecular flexibility index (Phi) is 5.23. The minimum absolute atomic E-state index is 0.0253. The largest absolute Gasteiger partial charge is 0.337 e. The third-order valence-corrected chi connectivity index (χ3v) is 5.04. The van der Waals surface area contributed by atoms with Crippen LogP contribution in [0.15, 0.2) is 0 Å². The van der Waals surface area contributed by atoms with E-state index in [0.717, 1.165) is 45.1 Å². The highest BCUT2D eigenvalue weighted by Gasteiger charge is 2.43. The number of hydrogen-bond acceptors (Lipinski definition) is 4. The molecule has 0 radical (unpaired) electrons. The SMILES string of the molecule is CCN(CC(=O)NC(C)(C#N)C1CC1)C1CCC(N)CC1. The molecule has 3 N–H and O–H groups in total. The molecule has 5 heteroatoms. The zero-order chi connectivity index (χ0) is 15.5. The molecular weight excluding hydrogens is 264 g/mol. The highest BCUT2D eigenvalue weighted by molar-refractivity contribution is 5.79. The third-order valence-electron chi connectivity index (χ3n) is 5.04. The lowest BCUT2D eigenvalue weighted by atomic mass is 9.90. The highest BCUT2D eigenvalue weighted by Crippen LogP contribution is 2.39. The topological polar surface area (TPSA) is 82.2 Å². The van der Waals surface area contributed by atoms with E-state index in [1.54, 1.807) is 0 Å². The van der Waals surface area contributed by atoms with Crippen molar-refractivity contribution in [3.63, 3.8) is 0 Å². The van der Waals surface area contributed by atoms with Gasteiger partial charge in [0.1, 0.15) is 5.54 Å². The predicted octanol–water partition coefficient (Wildman–Crippen LogP) is 1.39. The number of likely N-dealkylation sites (N-methyl/N-ethyl adjacent to an activating group) is 1. The van der Waals surface area contributed by atoms with Gasteiger partial charge >= 0.3 is 0 Å². The molecular formula is C16H28N4O. The van der Waals surface area contributed by atoms with Crippen molar-refractivity contribution in [1.29, 1.82) is 5.26 Å². The van der Waals surface area contributed by atoms with E-state index in [4.69, 9.17) is 5.73 Å². The highest BCUT2D eigenvalue weighted by atomic mass is 16.2. The fraction of sp³-hybridized carbons (Fsp3) is 0.875. The maximum Gasteiger partial charge on any atom is 0.235 e. The van der Waals surface area contributed by atoms with Crippen LogP contribution in [0.4, 0.5) is 0 Å². The molecule has 118 valence electrons. The van der Waals surface area contributed by atoms with Gasteiger partial charge in [0.15, 0.2) is 0 Å². The maximum atomic E-state index is 12.3. The number of carbonyl (C=O) groups excluding carboxylic acids is 1. The van der Waals surface area contributed by atoms with Crippen LogP contribution in [0.5, 0.6) is 0 Å². The van der Waals surface area contributed by atoms with E-state index >= 15 is 0 Å². The summed E-state index contributed by atoms with van der Waals surface area (Å²) in [5, 5.41) is 12.3. The number of nitrogens with zero attached hydrogens (tertiary/aromatic N) is 2. The summed E-state index contributed by atoms with van der Waals surface area (Å²) >= 11 is 0. The summed E-state index contributed by atoms with van der Waals surface area (Å²) in [7, 11) is 0. The summed E-state index contributed by atoms with van der Waals surface area (Å²) in [6.07, 6.45) is 6.31. The Morgan fingerprint density at radius 2 is 1.95 bits per heavy atom. The molecule has 2 fully saturated rings. The maximum absolute atomic E-state index is 12.3. The van der Waals surface area contributed by atoms with E-state index in [9.17, 15) is 10.1 Å². The van der Waals surface area contributed by atoms with E-state index in [-0.39, 0.29) is 5.91 Å². The molecule has 21 heavy (non-hydrogen) atoms. The number of nitrogens with one attached hydrogen (secondary N) is 1. The van der Waals surface area contributed by atoms with Gasteiger partial charge in [-0.15, -0.1) is 0 Å². The molecule has 2 aliphatic rings. The lowest BCUT2D eigenvalue weighted by Gasteiger charge is -2.35. The summed E-state index contributed by atoms with van der Waals surface area (Å²) in [5.41, 5.74) is 5.26. The summed E-state index contributed by atoms with van der Waals surface area (Å²) < 4.78 is 0. The molecule has 0 saturated heterocycles. The van der Waals surface area contributed by atoms with Crippen molar-refractivity contribution in [1.82, 2.24) is 10.2 Å². The fourth-order valence-electron chi connectivity index (χ4n) is 3.36. The molecule has 2 rings (SSSR count). The third kappa shape index (κ3) is 4.18. The van der Waals surface area contributed by atoms with Crippen LogP contribution in [0, 0.1) is 17.2 Å². The Morgan fingerprint density at radius 3 is 2.43 bits per heavy atom. The first-order valence-electron chi connectivity index (χ1n) is 8.20. The summed E-state index contributed by atoms with van der Waals surface area (Å²) in [6.45, 7) is 5.19. The van der Waals surface area contributed by atoms with Crippen molar-refractivity contribution in [2.24, 2.45) is 11.7 Å². The van der Waals surface area contributed by atoms with Crippen molar-refractivity contribution in [2.45, 2.75) is 70.0 Å². The van der Waals surface area contributed by atoms with Crippen LogP contribution >= 0.6 is 0 Å². The van der Waals surface area contributed by atoms with Crippen LogP contribution < -0.4 is 11.1 Å². The Labute approximate surface area is 127 Å². The van der Waals surface area contributed by atoms with Crippen molar-refractivity contribution in [3.8, 4) is 6.07 Å². The molecule has 0 bridgehead atoms. The van der Waals surface area contributed by atoms with E-state index in [2.05, 4.69) is 23.2 Å². The molecule has 1 atom stereocenters. The molecule has 0 aromatic rings. The van der Waals surface area contributed by atoms with Gasteiger partial charge in [-0.2, -0.15) is 5.26 Å². The first kappa shape index (κ1) is 16.3. The van der Waals surface area contributed by atoms with Gasteiger partial charge in [-0.05, 0) is 57.9 Å². The van der Waals surface area contributed by atoms with Gasteiger partial charge in [0.25, 0.3) is 0 Å². The van der Waals surface area contributed by atoms with Crippen LogP contribution in [0.3, 0.4) is 0 Å². The van der Waals surface area contributed by atoms with Gasteiger partial charge in [-0.25, -0.2) is 0 Å². The van der Waals surface area contributed by atoms with Crippen molar-refractivity contribution in [3.05, 3.63) is 0 Å². The molecule has 2 aliphatic carbocycles. The Hall–Kier alpha value is -1.12. The van der Waals surface area contributed by atoms with Crippen molar-refractivity contribution in [2.75, 3.05) is 13.1 Å². The zero-order valence-electron chi connectivity index (χ0n) is 13.3. The minimum atomic E-state index is -0.689. The summed E-state index contributed by atoms with van der Waals surface area (Å²) in [5.74, 6) is 0.303. The number of hydrogen-bond donors (Lipinski definition) is 2. The van der Waals surface area contributed by atoms with Crippen LogP contribution in [0.2, 0.25) is 0 Å². The van der Waals surface area contributed by atoms with Gasteiger partial charge < -0.3 is 11.1 Å². The molecule has 0 heterocycles. The van der Waals surface area contributed by atoms with Gasteiger partial charge in [0.2, 0.25) is 5.91 Å². The molecule has 2 saturated carbocycles. The summed E-state index contributed by atoms with van der Waals surface area (Å²) in [6, 6.07) is 3.06. The average Bonchev–Trinajstić information content (AvgIpc) is 3.30. The lowest BCUT2D eigenvalue weighted by molar-refractivity contribution is -0.124. The Balaban J connectivity index is 1.86. The van der Waals surface area contributed by atoms with Gasteiger partial charge in [0.05, 0.1) is 12.6 Å². The van der Waals surface area contributed by atoms with E-state index in [1.807, 2.05) is 6.92 Å². The minimum Gasteiger partial charge on any atom is -0.337 e. The molecule has 0 spiro atoms. The quantitative estimate of drug-likeness (QED) is 0.775. The van der Waals surface area contributed by atoms with Crippen LogP contribution in [-0.4, -0.2) is 41.5 Å². The number of nitrogens with two attached hydrogens (primary N) is 1. The molecule has 1 unspecified atom stereocenters. The molecule has 0 aliphatic heterocycles. The van der Waals surface area contributed by atoms with Crippen molar-refractivity contribution >= 4 is 5.91 Å². The lowest BCUT2D eigenvalue weighted by Crippen LogP contribution is -2.52. The first-order valence-corrected chi connectivity index (χ1v) is 8.20. The monoisotopic (exact) mass is 292 g/mol. The number of rotatable bonds is 6. The molecule has 5 nitrogen and oxygen atoms in total. The molecule has 0 aromatic carbocycles. The second-order valence-electron chi connectivity index (χ2n) is 6.77. The predicted molar refractivity (Wildman–Crippen MR) is 82.4 cm³/mol. The Morgan fingerprint density at radius 1 is 1.33 bits per heavy atom. The van der Waals surface area contributed by atoms with E-state index in [1.165, 1.54) is 0 Å². The number of nitriles is 1. The van der Waals surface area contributed by atoms with E-state index < -0.39 is 5.54 Å². The molecule has 0 aromatic heterocycles. The van der Waals surface area contributed by atoms with Crippen molar-refractivity contribution < 1.29 is 4.79 Å². The van der Waals surface area contributed by atoms with Crippen LogP contribution in [0.1, 0.15) is 52.4 Å². The zero-order valence-corrected chi connectivity index (χ0v) is 13.3. The number of carbonyl (C=O) groups is 1. The first-order chi connectivity index (χ1) is 9.98.